The lowest BCUT2D eigenvalue weighted by Gasteiger charge is -2.24. The summed E-state index contributed by atoms with van der Waals surface area (Å²) in [6, 6.07) is 12.2. The molecule has 0 saturated carbocycles. The lowest BCUT2D eigenvalue weighted by Crippen LogP contribution is -2.37. The molecular formula is C22H24N2O2S2. The first kappa shape index (κ1) is 19.4. The van der Waals surface area contributed by atoms with Crippen LogP contribution in [0, 0.1) is 13.8 Å². The van der Waals surface area contributed by atoms with Crippen LogP contribution < -0.4 is 4.90 Å². The van der Waals surface area contributed by atoms with Crippen molar-refractivity contribution >= 4 is 44.4 Å². The van der Waals surface area contributed by atoms with E-state index in [1.54, 1.807) is 23.1 Å². The van der Waals surface area contributed by atoms with E-state index in [2.05, 4.69) is 18.4 Å². The number of carbonyl (C=O) groups is 1. The number of ether oxygens (including phenoxy) is 1. The molecule has 0 N–H and O–H groups in total. The molecule has 2 heterocycles. The van der Waals surface area contributed by atoms with Crippen LogP contribution in [0.1, 0.15) is 34.3 Å². The molecular weight excluding hydrogens is 388 g/mol. The summed E-state index contributed by atoms with van der Waals surface area (Å²) in [5, 5.41) is 0.748. The molecule has 146 valence electrons. The highest BCUT2D eigenvalue weighted by atomic mass is 32.2. The van der Waals surface area contributed by atoms with Crippen molar-refractivity contribution in [3.63, 3.8) is 0 Å². The SMILES string of the molecule is CSc1cccc2sc(N(C[C@@H]3CCCO3)C(=O)c3cc(C)ccc3C)nc12. The van der Waals surface area contributed by atoms with Crippen molar-refractivity contribution in [1.29, 1.82) is 0 Å². The lowest BCUT2D eigenvalue weighted by atomic mass is 10.0. The Bertz CT molecular complexity index is 1010. The van der Waals surface area contributed by atoms with E-state index in [1.165, 1.54) is 0 Å². The quantitative estimate of drug-likeness (QED) is 0.522. The van der Waals surface area contributed by atoms with Gasteiger partial charge in [-0.3, -0.25) is 9.69 Å². The van der Waals surface area contributed by atoms with Crippen LogP contribution >= 0.6 is 23.1 Å². The molecule has 6 heteroatoms. The zero-order valence-corrected chi connectivity index (χ0v) is 18.0. The predicted molar refractivity (Wildman–Crippen MR) is 118 cm³/mol. The van der Waals surface area contributed by atoms with Gasteiger partial charge in [0, 0.05) is 17.1 Å². The summed E-state index contributed by atoms with van der Waals surface area (Å²) in [6.07, 6.45) is 4.16. The highest BCUT2D eigenvalue weighted by Gasteiger charge is 2.28. The first-order chi connectivity index (χ1) is 13.6. The van der Waals surface area contributed by atoms with Crippen LogP contribution in [0.15, 0.2) is 41.3 Å². The van der Waals surface area contributed by atoms with Gasteiger partial charge in [0.25, 0.3) is 5.91 Å². The first-order valence-electron chi connectivity index (χ1n) is 9.51. The fourth-order valence-corrected chi connectivity index (χ4v) is 5.17. The Morgan fingerprint density at radius 3 is 2.93 bits per heavy atom. The standard InChI is InChI=1S/C22H24N2O2S2/c1-14-9-10-15(2)17(12-14)21(25)24(13-16-6-5-11-26-16)22-23-20-18(27-3)7-4-8-19(20)28-22/h4,7-10,12,16H,5-6,11,13H2,1-3H3/t16-/m0/s1. The molecule has 0 bridgehead atoms. The Morgan fingerprint density at radius 1 is 1.32 bits per heavy atom. The van der Waals surface area contributed by atoms with Crippen LogP contribution in [0.5, 0.6) is 0 Å². The van der Waals surface area contributed by atoms with Crippen molar-refractivity contribution in [3.8, 4) is 0 Å². The maximum atomic E-state index is 13.6. The summed E-state index contributed by atoms with van der Waals surface area (Å²) in [7, 11) is 0. The van der Waals surface area contributed by atoms with Gasteiger partial charge in [-0.05, 0) is 56.7 Å². The molecule has 0 radical (unpaired) electrons. The maximum Gasteiger partial charge on any atom is 0.260 e. The average molecular weight is 413 g/mol. The Labute approximate surface area is 173 Å². The summed E-state index contributed by atoms with van der Waals surface area (Å²) in [6.45, 7) is 5.32. The summed E-state index contributed by atoms with van der Waals surface area (Å²) in [4.78, 5) is 21.4. The molecule has 4 rings (SSSR count). The van der Waals surface area contributed by atoms with Crippen LogP contribution in [0.4, 0.5) is 5.13 Å². The van der Waals surface area contributed by atoms with Crippen molar-refractivity contribution in [2.75, 3.05) is 24.3 Å². The molecule has 3 aromatic rings. The number of hydrogen-bond acceptors (Lipinski definition) is 5. The summed E-state index contributed by atoms with van der Waals surface area (Å²) >= 11 is 3.26. The number of fused-ring (bicyclic) bond motifs is 1. The molecule has 1 atom stereocenters. The van der Waals surface area contributed by atoms with Gasteiger partial charge >= 0.3 is 0 Å². The Morgan fingerprint density at radius 2 is 2.18 bits per heavy atom. The number of benzene rings is 2. The minimum atomic E-state index is 0.00135. The zero-order chi connectivity index (χ0) is 19.7. The van der Waals surface area contributed by atoms with Crippen LogP contribution in [0.25, 0.3) is 10.2 Å². The third-order valence-electron chi connectivity index (χ3n) is 5.10. The number of aromatic nitrogens is 1. The van der Waals surface area contributed by atoms with Gasteiger partial charge in [0.2, 0.25) is 0 Å². The maximum absolute atomic E-state index is 13.6. The minimum absolute atomic E-state index is 0.00135. The monoisotopic (exact) mass is 412 g/mol. The zero-order valence-electron chi connectivity index (χ0n) is 16.4. The number of hydrogen-bond donors (Lipinski definition) is 0. The van der Waals surface area contributed by atoms with Gasteiger partial charge in [0.15, 0.2) is 5.13 Å². The number of anilines is 1. The number of carbonyl (C=O) groups excluding carboxylic acids is 1. The molecule has 1 saturated heterocycles. The van der Waals surface area contributed by atoms with Crippen LogP contribution in [0.2, 0.25) is 0 Å². The second kappa shape index (κ2) is 8.23. The Kier molecular flexibility index (Phi) is 5.71. The van der Waals surface area contributed by atoms with Gasteiger partial charge in [-0.15, -0.1) is 11.8 Å². The van der Waals surface area contributed by atoms with Gasteiger partial charge in [-0.2, -0.15) is 0 Å². The largest absolute Gasteiger partial charge is 0.376 e. The van der Waals surface area contributed by atoms with E-state index in [9.17, 15) is 4.79 Å². The van der Waals surface area contributed by atoms with Crippen molar-refractivity contribution in [1.82, 2.24) is 4.98 Å². The van der Waals surface area contributed by atoms with E-state index in [-0.39, 0.29) is 12.0 Å². The molecule has 0 aliphatic carbocycles. The van der Waals surface area contributed by atoms with Crippen LogP contribution in [0.3, 0.4) is 0 Å². The summed E-state index contributed by atoms with van der Waals surface area (Å²) < 4.78 is 6.95. The van der Waals surface area contributed by atoms with E-state index in [4.69, 9.17) is 9.72 Å². The molecule has 1 fully saturated rings. The molecule has 1 amide bonds. The van der Waals surface area contributed by atoms with Crippen molar-refractivity contribution in [2.45, 2.75) is 37.7 Å². The van der Waals surface area contributed by atoms with E-state index < -0.39 is 0 Å². The second-order valence-corrected chi connectivity index (χ2v) is 9.03. The predicted octanol–water partition coefficient (Wildman–Crippen LogP) is 5.46. The lowest BCUT2D eigenvalue weighted by molar-refractivity contribution is 0.0917. The molecule has 0 spiro atoms. The van der Waals surface area contributed by atoms with Gasteiger partial charge in [0.05, 0.1) is 22.9 Å². The smallest absolute Gasteiger partial charge is 0.260 e. The number of aryl methyl sites for hydroxylation is 2. The number of rotatable bonds is 5. The van der Waals surface area contributed by atoms with Crippen LogP contribution in [-0.4, -0.2) is 36.4 Å². The third-order valence-corrected chi connectivity index (χ3v) is 6.91. The van der Waals surface area contributed by atoms with E-state index in [1.807, 2.05) is 43.0 Å². The first-order valence-corrected chi connectivity index (χ1v) is 11.5. The van der Waals surface area contributed by atoms with Gasteiger partial charge < -0.3 is 4.74 Å². The number of nitrogens with zero attached hydrogens (tertiary/aromatic N) is 2. The van der Waals surface area contributed by atoms with Crippen LogP contribution in [-0.2, 0) is 4.74 Å². The molecule has 2 aromatic carbocycles. The number of amides is 1. The van der Waals surface area contributed by atoms with Gasteiger partial charge in [0.1, 0.15) is 0 Å². The number of thioether (sulfide) groups is 1. The number of para-hydroxylation sites is 1. The highest BCUT2D eigenvalue weighted by molar-refractivity contribution is 7.98. The minimum Gasteiger partial charge on any atom is -0.376 e. The van der Waals surface area contributed by atoms with Gasteiger partial charge in [-0.1, -0.05) is 35.1 Å². The Hall–Kier alpha value is -1.89. The van der Waals surface area contributed by atoms with E-state index in [0.717, 1.165) is 56.4 Å². The molecule has 0 unspecified atom stereocenters. The molecule has 1 aromatic heterocycles. The molecule has 28 heavy (non-hydrogen) atoms. The Balaban J connectivity index is 1.77. The fraction of sp³-hybridized carbons (Fsp3) is 0.364. The van der Waals surface area contributed by atoms with Crippen molar-refractivity contribution < 1.29 is 9.53 Å². The van der Waals surface area contributed by atoms with Crippen molar-refractivity contribution in [2.24, 2.45) is 0 Å². The normalized spacial score (nSPS) is 16.6. The summed E-state index contributed by atoms with van der Waals surface area (Å²) in [5.74, 6) is 0.00135. The second-order valence-electron chi connectivity index (χ2n) is 7.17. The fourth-order valence-electron chi connectivity index (χ4n) is 3.54. The van der Waals surface area contributed by atoms with E-state index >= 15 is 0 Å². The third kappa shape index (κ3) is 3.81. The molecule has 1 aliphatic heterocycles. The number of thiazole rings is 1. The van der Waals surface area contributed by atoms with Crippen molar-refractivity contribution in [3.05, 3.63) is 53.1 Å². The van der Waals surface area contributed by atoms with Gasteiger partial charge in [-0.25, -0.2) is 4.98 Å². The topological polar surface area (TPSA) is 42.4 Å². The molecule has 1 aliphatic rings. The average Bonchev–Trinajstić information content (AvgIpc) is 3.36. The molecule has 4 nitrogen and oxygen atoms in total. The summed E-state index contributed by atoms with van der Waals surface area (Å²) in [5.41, 5.74) is 3.78. The van der Waals surface area contributed by atoms with E-state index in [0.29, 0.717) is 6.54 Å². The highest BCUT2D eigenvalue weighted by Crippen LogP contribution is 2.35.